The van der Waals surface area contributed by atoms with E-state index < -0.39 is 64.3 Å². The highest BCUT2D eigenvalue weighted by atomic mass is 16.7. The van der Waals surface area contributed by atoms with Gasteiger partial charge in [-0.05, 0) is 27.7 Å². The summed E-state index contributed by atoms with van der Waals surface area (Å²) in [6.45, 7) is 2.99. The monoisotopic (exact) mass is 493 g/mol. The number of Topliss-reactive ketones (excluding diaryl/α,β-unsaturated/α-hetero) is 4. The first-order valence-electron chi connectivity index (χ1n) is 10.1. The van der Waals surface area contributed by atoms with Crippen LogP contribution in [-0.4, -0.2) is 98.8 Å². The lowest BCUT2D eigenvalue weighted by Crippen LogP contribution is -2.87. The molecule has 0 aromatic carbocycles. The van der Waals surface area contributed by atoms with Crippen LogP contribution in [-0.2, 0) is 23.9 Å². The number of carbonyl (C=O) groups excluding carboxylic acids is 4. The first-order valence-corrected chi connectivity index (χ1v) is 10.1. The van der Waals surface area contributed by atoms with Gasteiger partial charge in [-0.2, -0.15) is 9.97 Å². The molecule has 2 aromatic rings. The molecule has 1 aliphatic rings. The van der Waals surface area contributed by atoms with Crippen LogP contribution in [0.2, 0.25) is 0 Å². The van der Waals surface area contributed by atoms with Crippen molar-refractivity contribution in [2.24, 2.45) is 0 Å². The van der Waals surface area contributed by atoms with Crippen LogP contribution in [0.1, 0.15) is 27.7 Å². The Hall–Kier alpha value is -3.50. The number of rotatable bonds is 7. The number of nitrogen functional groups attached to an aromatic ring is 1. The standard InChI is InChI=1S/C20H23N5O10/c1-7(26)13(30)14-18(31,8(2)27)20(33,10(4)29)19(32,9(3)28)16(35-14)34-12-6-22-11-5-23-17(21)25-15(11)24-12/h5-6,13-14,16,30-33H,1-4H3,(H2,21,23,24,25)/t13?,14-,16-,18-,19+,20+/m1/s1. The van der Waals surface area contributed by atoms with Gasteiger partial charge in [0.2, 0.25) is 29.3 Å². The first kappa shape index (κ1) is 26.1. The molecule has 0 aliphatic carbocycles. The van der Waals surface area contributed by atoms with E-state index in [9.17, 15) is 39.6 Å². The SMILES string of the molecule is CC(=O)C(O)[C@H]1O[C@@H](Oc2cnc3cnc(N)nc3n2)[C@@](O)(C(C)=O)[C@](O)(C(C)=O)[C@@]1(O)C(C)=O. The van der Waals surface area contributed by atoms with Gasteiger partial charge >= 0.3 is 0 Å². The van der Waals surface area contributed by atoms with Gasteiger partial charge in [-0.1, -0.05) is 0 Å². The molecular weight excluding hydrogens is 470 g/mol. The largest absolute Gasteiger partial charge is 0.443 e. The summed E-state index contributed by atoms with van der Waals surface area (Å²) in [5.74, 6) is -5.90. The number of ether oxygens (including phenoxy) is 2. The van der Waals surface area contributed by atoms with Gasteiger partial charge in [0.1, 0.15) is 17.7 Å². The number of aromatic nitrogens is 4. The molecule has 1 unspecified atom stereocenters. The number of aliphatic hydroxyl groups is 4. The molecule has 3 heterocycles. The fourth-order valence-electron chi connectivity index (χ4n) is 4.02. The third kappa shape index (κ3) is 3.64. The number of hydrogen-bond acceptors (Lipinski definition) is 15. The van der Waals surface area contributed by atoms with E-state index >= 15 is 0 Å². The van der Waals surface area contributed by atoms with Crippen LogP contribution in [0.5, 0.6) is 5.88 Å². The van der Waals surface area contributed by atoms with Crippen LogP contribution >= 0.6 is 0 Å². The maximum atomic E-state index is 12.7. The van der Waals surface area contributed by atoms with E-state index in [1.54, 1.807) is 0 Å². The highest BCUT2D eigenvalue weighted by Gasteiger charge is 2.80. The van der Waals surface area contributed by atoms with Gasteiger partial charge in [-0.3, -0.25) is 19.2 Å². The predicted octanol–water partition coefficient (Wildman–Crippen LogP) is -2.98. The molecule has 188 valence electrons. The van der Waals surface area contributed by atoms with E-state index in [-0.39, 0.29) is 17.1 Å². The van der Waals surface area contributed by atoms with E-state index in [2.05, 4.69) is 19.9 Å². The molecule has 1 fully saturated rings. The van der Waals surface area contributed by atoms with Crippen molar-refractivity contribution in [3.8, 4) is 5.88 Å². The summed E-state index contributed by atoms with van der Waals surface area (Å²) in [6.07, 6.45) is -4.81. The number of nitrogens with two attached hydrogens (primary N) is 1. The second-order valence-electron chi connectivity index (χ2n) is 8.12. The summed E-state index contributed by atoms with van der Waals surface area (Å²) in [4.78, 5) is 65.4. The van der Waals surface area contributed by atoms with E-state index in [4.69, 9.17) is 15.2 Å². The summed E-state index contributed by atoms with van der Waals surface area (Å²) in [5.41, 5.74) is -4.93. The molecule has 3 rings (SSSR count). The van der Waals surface area contributed by atoms with Crippen LogP contribution in [0.4, 0.5) is 5.95 Å². The number of aliphatic hydroxyl groups excluding tert-OH is 1. The molecular formula is C20H23N5O10. The number of fused-ring (bicyclic) bond motifs is 1. The summed E-state index contributed by atoms with van der Waals surface area (Å²) in [6, 6.07) is 0. The quantitative estimate of drug-likeness (QED) is 0.258. The van der Waals surface area contributed by atoms with Crippen LogP contribution < -0.4 is 10.5 Å². The first-order chi connectivity index (χ1) is 16.1. The number of anilines is 1. The van der Waals surface area contributed by atoms with Crippen molar-refractivity contribution in [3.05, 3.63) is 12.4 Å². The summed E-state index contributed by atoms with van der Waals surface area (Å²) in [5, 5.41) is 44.5. The lowest BCUT2D eigenvalue weighted by atomic mass is 9.60. The van der Waals surface area contributed by atoms with Crippen molar-refractivity contribution in [2.75, 3.05) is 5.73 Å². The van der Waals surface area contributed by atoms with Crippen LogP contribution in [0.15, 0.2) is 12.4 Å². The van der Waals surface area contributed by atoms with Crippen molar-refractivity contribution < 1.29 is 49.1 Å². The summed E-state index contributed by atoms with van der Waals surface area (Å²) < 4.78 is 10.8. The number of nitrogens with zero attached hydrogens (tertiary/aromatic N) is 4. The highest BCUT2D eigenvalue weighted by Crippen LogP contribution is 2.47. The van der Waals surface area contributed by atoms with Crippen LogP contribution in [0, 0.1) is 0 Å². The number of hydrogen-bond donors (Lipinski definition) is 5. The zero-order chi connectivity index (χ0) is 26.5. The van der Waals surface area contributed by atoms with Crippen LogP contribution in [0.3, 0.4) is 0 Å². The van der Waals surface area contributed by atoms with Crippen molar-refractivity contribution in [1.29, 1.82) is 0 Å². The van der Waals surface area contributed by atoms with Gasteiger partial charge in [0.05, 0.1) is 12.4 Å². The van der Waals surface area contributed by atoms with Gasteiger partial charge in [0.15, 0.2) is 34.4 Å². The van der Waals surface area contributed by atoms with E-state index in [1.807, 2.05) is 0 Å². The molecule has 0 spiro atoms. The Kier molecular flexibility index (Phi) is 6.43. The maximum absolute atomic E-state index is 12.7. The van der Waals surface area contributed by atoms with Crippen LogP contribution in [0.25, 0.3) is 11.2 Å². The minimum atomic E-state index is -3.64. The zero-order valence-electron chi connectivity index (χ0n) is 19.0. The second kappa shape index (κ2) is 8.62. The molecule has 6 N–H and O–H groups in total. The van der Waals surface area contributed by atoms with Gasteiger partial charge in [-0.15, -0.1) is 0 Å². The van der Waals surface area contributed by atoms with E-state index in [0.717, 1.165) is 20.0 Å². The maximum Gasteiger partial charge on any atom is 0.242 e. The van der Waals surface area contributed by atoms with Gasteiger partial charge in [-0.25, -0.2) is 9.97 Å². The Bertz CT molecular complexity index is 1240. The van der Waals surface area contributed by atoms with Crippen molar-refractivity contribution in [1.82, 2.24) is 19.9 Å². The Labute approximate surface area is 196 Å². The average molecular weight is 493 g/mol. The normalized spacial score (nSPS) is 31.5. The lowest BCUT2D eigenvalue weighted by Gasteiger charge is -2.57. The third-order valence-electron chi connectivity index (χ3n) is 5.94. The lowest BCUT2D eigenvalue weighted by molar-refractivity contribution is -0.358. The Morgan fingerprint density at radius 2 is 1.57 bits per heavy atom. The minimum absolute atomic E-state index is 0.0837. The molecule has 0 amide bonds. The summed E-state index contributed by atoms with van der Waals surface area (Å²) >= 11 is 0. The Balaban J connectivity index is 2.25. The molecule has 1 saturated heterocycles. The molecule has 1 aliphatic heterocycles. The van der Waals surface area contributed by atoms with E-state index in [0.29, 0.717) is 13.8 Å². The molecule has 2 aromatic heterocycles. The van der Waals surface area contributed by atoms with Crippen molar-refractivity contribution in [3.63, 3.8) is 0 Å². The minimum Gasteiger partial charge on any atom is -0.443 e. The smallest absolute Gasteiger partial charge is 0.242 e. The summed E-state index contributed by atoms with van der Waals surface area (Å²) in [7, 11) is 0. The molecule has 15 nitrogen and oxygen atoms in total. The fraction of sp³-hybridized carbons (Fsp3) is 0.500. The molecule has 6 atom stereocenters. The Morgan fingerprint density at radius 3 is 2.09 bits per heavy atom. The number of carbonyl (C=O) groups is 4. The molecule has 35 heavy (non-hydrogen) atoms. The molecule has 0 bridgehead atoms. The topological polar surface area (TPSA) is 245 Å². The molecule has 15 heteroatoms. The average Bonchev–Trinajstić information content (AvgIpc) is 2.77. The molecule has 0 saturated carbocycles. The van der Waals surface area contributed by atoms with Gasteiger partial charge in [0, 0.05) is 0 Å². The van der Waals surface area contributed by atoms with E-state index in [1.165, 1.54) is 6.20 Å². The molecule has 0 radical (unpaired) electrons. The predicted molar refractivity (Wildman–Crippen MR) is 112 cm³/mol. The van der Waals surface area contributed by atoms with Gasteiger partial charge in [0.25, 0.3) is 0 Å². The zero-order valence-corrected chi connectivity index (χ0v) is 19.0. The highest BCUT2D eigenvalue weighted by molar-refractivity contribution is 6.05. The van der Waals surface area contributed by atoms with Crippen molar-refractivity contribution >= 4 is 40.2 Å². The fourth-order valence-corrected chi connectivity index (χ4v) is 4.02. The van der Waals surface area contributed by atoms with Crippen molar-refractivity contribution in [2.45, 2.75) is 63.0 Å². The Morgan fingerprint density at radius 1 is 0.971 bits per heavy atom. The van der Waals surface area contributed by atoms with Gasteiger partial charge < -0.3 is 35.6 Å². The second-order valence-corrected chi connectivity index (χ2v) is 8.12. The third-order valence-corrected chi connectivity index (χ3v) is 5.94. The number of ketones is 4.